The summed E-state index contributed by atoms with van der Waals surface area (Å²) < 4.78 is 24.2. The third kappa shape index (κ3) is 6.23. The molecule has 6 aliphatic rings. The summed E-state index contributed by atoms with van der Waals surface area (Å²) in [5, 5.41) is 18.0. The Bertz CT molecular complexity index is 2470. The van der Waals surface area contributed by atoms with Gasteiger partial charge in [-0.15, -0.1) is 0 Å². The second-order valence-corrected chi connectivity index (χ2v) is 19.9. The molecule has 2 saturated heterocycles. The number of piperidine rings is 1. The van der Waals surface area contributed by atoms with Crippen LogP contribution in [0.25, 0.3) is 10.9 Å². The largest absolute Gasteiger partial charge is 0.496 e. The van der Waals surface area contributed by atoms with Crippen molar-refractivity contribution in [3.05, 3.63) is 70.9 Å². The number of hydrogen-bond donors (Lipinski definition) is 3. The number of H-pyrrole nitrogens is 1. The van der Waals surface area contributed by atoms with Gasteiger partial charge in [-0.3, -0.25) is 14.5 Å². The van der Waals surface area contributed by atoms with Crippen LogP contribution in [0.4, 0.5) is 10.5 Å². The number of esters is 3. The van der Waals surface area contributed by atoms with Gasteiger partial charge in [0.15, 0.2) is 6.10 Å². The number of carbonyl (C=O) groups is 4. The van der Waals surface area contributed by atoms with Crippen LogP contribution in [0.3, 0.4) is 0 Å². The van der Waals surface area contributed by atoms with Gasteiger partial charge in [-0.2, -0.15) is 0 Å². The minimum Gasteiger partial charge on any atom is -0.496 e. The molecule has 15 heteroatoms. The molecule has 1 aliphatic carbocycles. The molecular weight excluding hydrogens is 841 g/mol. The summed E-state index contributed by atoms with van der Waals surface area (Å²) >= 11 is 0. The first-order valence-corrected chi connectivity index (χ1v) is 24.0. The normalized spacial score (nSPS) is 34.2. The van der Waals surface area contributed by atoms with Crippen LogP contribution < -0.4 is 15.0 Å². The van der Waals surface area contributed by atoms with E-state index in [0.717, 1.165) is 33.4 Å². The van der Waals surface area contributed by atoms with Crippen molar-refractivity contribution in [1.29, 1.82) is 0 Å². The summed E-state index contributed by atoms with van der Waals surface area (Å²) in [5.74, 6) is -1.58. The highest BCUT2D eigenvalue weighted by Gasteiger charge is 2.80. The van der Waals surface area contributed by atoms with E-state index in [1.165, 1.54) is 21.1 Å². The molecule has 1 spiro atoms. The minimum absolute atomic E-state index is 0.0901. The third-order valence-electron chi connectivity index (χ3n) is 17.1. The predicted molar refractivity (Wildman–Crippen MR) is 250 cm³/mol. The summed E-state index contributed by atoms with van der Waals surface area (Å²) in [6.45, 7) is 14.0. The molecule has 9 rings (SSSR count). The summed E-state index contributed by atoms with van der Waals surface area (Å²) in [5.41, 5.74) is -1.38. The van der Waals surface area contributed by atoms with Crippen molar-refractivity contribution in [2.75, 3.05) is 79.1 Å². The molecule has 5 aliphatic heterocycles. The van der Waals surface area contributed by atoms with Crippen LogP contribution >= 0.6 is 0 Å². The lowest BCUT2D eigenvalue weighted by Gasteiger charge is -2.63. The number of rotatable bonds is 10. The summed E-state index contributed by atoms with van der Waals surface area (Å²) in [7, 11) is 6.18. The predicted octanol–water partition coefficient (Wildman–Crippen LogP) is 5.05. The second kappa shape index (κ2) is 16.6. The van der Waals surface area contributed by atoms with Crippen molar-refractivity contribution in [2.45, 2.75) is 113 Å². The van der Waals surface area contributed by atoms with Crippen molar-refractivity contribution >= 4 is 40.5 Å². The number of hydrogen-bond acceptors (Lipinski definition) is 12. The van der Waals surface area contributed by atoms with Gasteiger partial charge in [-0.25, -0.2) is 9.59 Å². The fourth-order valence-electron chi connectivity index (χ4n) is 14.5. The molecule has 66 heavy (non-hydrogen) atoms. The zero-order chi connectivity index (χ0) is 47.1. The number of urea groups is 1. The molecule has 2 bridgehead atoms. The summed E-state index contributed by atoms with van der Waals surface area (Å²) in [4.78, 5) is 69.6. The number of nitrogens with zero attached hydrogens (tertiary/aromatic N) is 4. The van der Waals surface area contributed by atoms with Crippen molar-refractivity contribution in [3.63, 3.8) is 0 Å². The van der Waals surface area contributed by atoms with Gasteiger partial charge < -0.3 is 49.1 Å². The first-order valence-electron chi connectivity index (χ1n) is 24.0. The molecule has 10 atom stereocenters. The van der Waals surface area contributed by atoms with Gasteiger partial charge in [-0.05, 0) is 88.1 Å². The Kier molecular flexibility index (Phi) is 11.6. The molecule has 2 amide bonds. The number of aliphatic hydroxyl groups is 1. The SMILES string of the molecule is CCN(CC)C(=O)N[C@@]1(CC)C[C@@H]2CN(CCc3c([nH]c4ccccc34)[C@@](C(=O)OC)(c3cc4c(cc3OC)N(C)[C@H]3[C@@](O)(C(=O)OC)[C@H](OC(C)=O)[C@]5(CC)C=CCN6CC[C@]43[C@@H]65)C2)C1. The number of aromatic nitrogens is 1. The number of para-hydroxylation sites is 1. The number of carbonyl (C=O) groups excluding carboxylic acids is 4. The maximum atomic E-state index is 15.7. The monoisotopic (exact) mass is 909 g/mol. The molecule has 1 unspecified atom stereocenters. The van der Waals surface area contributed by atoms with Crippen molar-refractivity contribution < 1.29 is 43.2 Å². The number of likely N-dealkylation sites (N-methyl/N-ethyl adjacent to an activating group) is 1. The lowest BCUT2D eigenvalue weighted by molar-refractivity contribution is -0.228. The van der Waals surface area contributed by atoms with Gasteiger partial charge in [0.1, 0.15) is 11.2 Å². The van der Waals surface area contributed by atoms with E-state index >= 15 is 4.79 Å². The zero-order valence-electron chi connectivity index (χ0n) is 40.1. The highest BCUT2D eigenvalue weighted by molar-refractivity contribution is 5.95. The number of aromatic amines is 1. The Morgan fingerprint density at radius 3 is 2.35 bits per heavy atom. The van der Waals surface area contributed by atoms with E-state index in [4.69, 9.17) is 18.9 Å². The van der Waals surface area contributed by atoms with Gasteiger partial charge in [-0.1, -0.05) is 44.2 Å². The highest BCUT2D eigenvalue weighted by Crippen LogP contribution is 2.68. The molecule has 356 valence electrons. The van der Waals surface area contributed by atoms with Gasteiger partial charge in [0.05, 0.1) is 32.9 Å². The van der Waals surface area contributed by atoms with Gasteiger partial charge in [0, 0.05) is 104 Å². The number of fused-ring (bicyclic) bond motifs is 6. The molecule has 1 aromatic heterocycles. The van der Waals surface area contributed by atoms with Crippen LogP contribution in [-0.4, -0.2) is 152 Å². The van der Waals surface area contributed by atoms with E-state index in [1.807, 2.05) is 61.9 Å². The van der Waals surface area contributed by atoms with Crippen LogP contribution in [0.1, 0.15) is 89.1 Å². The third-order valence-corrected chi connectivity index (χ3v) is 17.1. The van der Waals surface area contributed by atoms with E-state index in [0.29, 0.717) is 95.7 Å². The Labute approximate surface area is 388 Å². The Morgan fingerprint density at radius 1 is 0.939 bits per heavy atom. The van der Waals surface area contributed by atoms with Crippen LogP contribution in [0.5, 0.6) is 5.75 Å². The summed E-state index contributed by atoms with van der Waals surface area (Å²) in [6, 6.07) is 10.9. The van der Waals surface area contributed by atoms with Crippen LogP contribution in [0.2, 0.25) is 0 Å². The van der Waals surface area contributed by atoms with Crippen LogP contribution in [-0.2, 0) is 45.8 Å². The van der Waals surface area contributed by atoms with E-state index < -0.39 is 57.4 Å². The summed E-state index contributed by atoms with van der Waals surface area (Å²) in [6.07, 6.45) is 6.14. The Hall–Kier alpha value is -5.12. The van der Waals surface area contributed by atoms with E-state index in [2.05, 4.69) is 51.3 Å². The van der Waals surface area contributed by atoms with Crippen molar-refractivity contribution in [1.82, 2.24) is 25.0 Å². The Morgan fingerprint density at radius 2 is 1.68 bits per heavy atom. The maximum Gasteiger partial charge on any atom is 0.344 e. The lowest BCUT2D eigenvalue weighted by Crippen LogP contribution is -2.81. The van der Waals surface area contributed by atoms with Crippen LogP contribution in [0.15, 0.2) is 48.6 Å². The quantitative estimate of drug-likeness (QED) is 0.141. The first-order chi connectivity index (χ1) is 31.6. The molecule has 3 aromatic rings. The standard InChI is InChI=1S/C51H68N6O9/c1-10-47(53-46(61)56(12-3)13-4)27-32-28-50(44(59)64-8,40-34(19-23-55(29-32)30-47)33-17-14-15-18-37(33)52-40)36-25-35-38(26-39(36)63-7)54(6)42-49(35)21-24-57-22-16-20-48(11-2,41(49)57)43(66-31(5)58)51(42,62)45(60)65-9/h14-18,20,25-26,32,41-43,52,62H,10-13,19,21-24,27-30H2,1-9H3,(H,53,61)/t32-,41-,42+,43+,47-,48+,49+,50-,51-/m0/s1. The van der Waals surface area contributed by atoms with Gasteiger partial charge >= 0.3 is 23.9 Å². The van der Waals surface area contributed by atoms with Gasteiger partial charge in [0.2, 0.25) is 5.60 Å². The Balaban J connectivity index is 1.32. The first kappa shape index (κ1) is 46.0. The molecule has 0 radical (unpaired) electrons. The second-order valence-electron chi connectivity index (χ2n) is 19.9. The van der Waals surface area contributed by atoms with Crippen LogP contribution in [0, 0.1) is 11.3 Å². The molecular formula is C51H68N6O9. The van der Waals surface area contributed by atoms with E-state index in [1.54, 1.807) is 7.11 Å². The average Bonchev–Trinajstić information content (AvgIpc) is 3.98. The number of ether oxygens (including phenoxy) is 4. The zero-order valence-corrected chi connectivity index (χ0v) is 40.1. The topological polar surface area (TPSA) is 166 Å². The number of nitrogens with one attached hydrogen (secondary N) is 2. The highest BCUT2D eigenvalue weighted by atomic mass is 16.6. The fraction of sp³-hybridized carbons (Fsp3) is 0.608. The number of methoxy groups -OCH3 is 3. The number of amides is 2. The lowest BCUT2D eigenvalue weighted by atomic mass is 9.47. The molecule has 3 N–H and O–H groups in total. The van der Waals surface area contributed by atoms with E-state index in [-0.39, 0.29) is 18.0 Å². The van der Waals surface area contributed by atoms with Crippen molar-refractivity contribution in [3.8, 4) is 5.75 Å². The molecule has 1 saturated carbocycles. The number of anilines is 1. The molecule has 2 aromatic carbocycles. The van der Waals surface area contributed by atoms with E-state index in [9.17, 15) is 19.5 Å². The molecule has 3 fully saturated rings. The van der Waals surface area contributed by atoms with Gasteiger partial charge in [0.25, 0.3) is 0 Å². The molecule has 15 nitrogen and oxygen atoms in total. The minimum atomic E-state index is -2.32. The fourth-order valence-corrected chi connectivity index (χ4v) is 14.5. The maximum absolute atomic E-state index is 15.7. The average molecular weight is 909 g/mol. The molecule has 6 heterocycles. The van der Waals surface area contributed by atoms with Crippen molar-refractivity contribution in [2.24, 2.45) is 11.3 Å². The number of benzene rings is 2. The smallest absolute Gasteiger partial charge is 0.344 e.